The molecule has 1 N–H and O–H groups in total. The first-order valence-corrected chi connectivity index (χ1v) is 8.71. The Morgan fingerprint density at radius 3 is 2.69 bits per heavy atom. The summed E-state index contributed by atoms with van der Waals surface area (Å²) in [5.41, 5.74) is 2.69. The monoisotopic (exact) mass is 352 g/mol. The molecule has 3 rings (SSSR count). The first-order chi connectivity index (χ1) is 12.6. The molecule has 0 aliphatic heterocycles. The van der Waals surface area contributed by atoms with Crippen molar-refractivity contribution in [2.24, 2.45) is 0 Å². The van der Waals surface area contributed by atoms with Gasteiger partial charge in [-0.1, -0.05) is 18.2 Å². The quantitative estimate of drug-likeness (QED) is 0.653. The van der Waals surface area contributed by atoms with Gasteiger partial charge in [0, 0.05) is 36.8 Å². The third-order valence-electron chi connectivity index (χ3n) is 4.50. The molecule has 0 fully saturated rings. The van der Waals surface area contributed by atoms with Crippen molar-refractivity contribution in [2.75, 3.05) is 32.1 Å². The highest BCUT2D eigenvalue weighted by Crippen LogP contribution is 2.28. The number of nitrogens with zero attached hydrogens (tertiary/aromatic N) is 1. The van der Waals surface area contributed by atoms with E-state index in [0.29, 0.717) is 17.9 Å². The van der Waals surface area contributed by atoms with E-state index < -0.39 is 0 Å². The van der Waals surface area contributed by atoms with Crippen molar-refractivity contribution in [3.05, 3.63) is 59.9 Å². The van der Waals surface area contributed by atoms with Crippen LogP contribution in [0.25, 0.3) is 11.0 Å². The summed E-state index contributed by atoms with van der Waals surface area (Å²) >= 11 is 0. The molecule has 1 amide bonds. The number of hydrogen-bond acceptors (Lipinski definition) is 4. The van der Waals surface area contributed by atoms with E-state index in [0.717, 1.165) is 29.7 Å². The van der Waals surface area contributed by atoms with Crippen LogP contribution in [0.2, 0.25) is 0 Å². The van der Waals surface area contributed by atoms with Gasteiger partial charge in [0.05, 0.1) is 7.11 Å². The predicted molar refractivity (Wildman–Crippen MR) is 104 cm³/mol. The maximum Gasteiger partial charge on any atom is 0.287 e. The highest BCUT2D eigenvalue weighted by molar-refractivity contribution is 5.99. The van der Waals surface area contributed by atoms with Gasteiger partial charge in [-0.15, -0.1) is 0 Å². The first-order valence-electron chi connectivity index (χ1n) is 8.71. The molecule has 0 saturated carbocycles. The van der Waals surface area contributed by atoms with E-state index in [2.05, 4.69) is 22.3 Å². The summed E-state index contributed by atoms with van der Waals surface area (Å²) < 4.78 is 11.0. The number of anilines is 1. The van der Waals surface area contributed by atoms with Gasteiger partial charge >= 0.3 is 0 Å². The number of aryl methyl sites for hydroxylation is 1. The lowest BCUT2D eigenvalue weighted by Gasteiger charge is -2.19. The van der Waals surface area contributed by atoms with Crippen LogP contribution in [0, 0.1) is 6.92 Å². The van der Waals surface area contributed by atoms with Gasteiger partial charge in [-0.25, -0.2) is 0 Å². The molecule has 0 radical (unpaired) electrons. The zero-order chi connectivity index (χ0) is 18.5. The standard InChI is InChI=1S/C21H24N2O3/c1-15-18-14-17(25-3)10-11-19(18)26-20(15)21(24)22-12-7-13-23(2)16-8-5-4-6-9-16/h4-6,8-11,14H,7,12-13H2,1-3H3,(H,22,24). The number of carbonyl (C=O) groups is 1. The van der Waals surface area contributed by atoms with E-state index in [4.69, 9.17) is 9.15 Å². The van der Waals surface area contributed by atoms with Crippen LogP contribution in [0.4, 0.5) is 5.69 Å². The van der Waals surface area contributed by atoms with Crippen LogP contribution in [0.3, 0.4) is 0 Å². The van der Waals surface area contributed by atoms with E-state index >= 15 is 0 Å². The van der Waals surface area contributed by atoms with Gasteiger partial charge in [0.1, 0.15) is 11.3 Å². The normalized spacial score (nSPS) is 10.7. The van der Waals surface area contributed by atoms with Crippen LogP contribution in [-0.2, 0) is 0 Å². The summed E-state index contributed by atoms with van der Waals surface area (Å²) in [6.45, 7) is 3.35. The second kappa shape index (κ2) is 7.95. The summed E-state index contributed by atoms with van der Waals surface area (Å²) in [6.07, 6.45) is 0.851. The Bertz CT molecular complexity index is 887. The van der Waals surface area contributed by atoms with Crippen LogP contribution >= 0.6 is 0 Å². The number of ether oxygens (including phenoxy) is 1. The number of carbonyl (C=O) groups excluding carboxylic acids is 1. The van der Waals surface area contributed by atoms with Crippen molar-refractivity contribution in [3.63, 3.8) is 0 Å². The zero-order valence-electron chi connectivity index (χ0n) is 15.4. The predicted octanol–water partition coefficient (Wildman–Crippen LogP) is 4.01. The average molecular weight is 352 g/mol. The highest BCUT2D eigenvalue weighted by atomic mass is 16.5. The van der Waals surface area contributed by atoms with E-state index in [9.17, 15) is 4.79 Å². The van der Waals surface area contributed by atoms with Gasteiger partial charge in [-0.05, 0) is 43.7 Å². The number of nitrogens with one attached hydrogen (secondary N) is 1. The molecule has 2 aromatic carbocycles. The molecular weight excluding hydrogens is 328 g/mol. The molecule has 0 aliphatic rings. The summed E-state index contributed by atoms with van der Waals surface area (Å²) in [7, 11) is 3.67. The van der Waals surface area contributed by atoms with Crippen LogP contribution < -0.4 is 15.0 Å². The highest BCUT2D eigenvalue weighted by Gasteiger charge is 2.17. The van der Waals surface area contributed by atoms with Gasteiger partial charge in [0.25, 0.3) is 5.91 Å². The topological polar surface area (TPSA) is 54.7 Å². The van der Waals surface area contributed by atoms with E-state index in [-0.39, 0.29) is 5.91 Å². The number of benzene rings is 2. The maximum atomic E-state index is 12.5. The van der Waals surface area contributed by atoms with Crippen molar-refractivity contribution in [3.8, 4) is 5.75 Å². The summed E-state index contributed by atoms with van der Waals surface area (Å²) in [5.74, 6) is 0.932. The molecule has 3 aromatic rings. The zero-order valence-corrected chi connectivity index (χ0v) is 15.4. The van der Waals surface area contributed by atoms with Crippen molar-refractivity contribution >= 4 is 22.6 Å². The van der Waals surface area contributed by atoms with Gasteiger partial charge < -0.3 is 19.4 Å². The van der Waals surface area contributed by atoms with Gasteiger partial charge in [0.2, 0.25) is 0 Å². The first kappa shape index (κ1) is 17.9. The number of methoxy groups -OCH3 is 1. The molecule has 0 bridgehead atoms. The third-order valence-corrected chi connectivity index (χ3v) is 4.50. The molecule has 0 aliphatic carbocycles. The number of hydrogen-bond donors (Lipinski definition) is 1. The van der Waals surface area contributed by atoms with E-state index in [1.165, 1.54) is 5.69 Å². The molecule has 1 heterocycles. The molecule has 0 saturated heterocycles. The Kier molecular flexibility index (Phi) is 5.46. The molecule has 0 unspecified atom stereocenters. The van der Waals surface area contributed by atoms with Crippen molar-refractivity contribution < 1.29 is 13.9 Å². The fraction of sp³-hybridized carbons (Fsp3) is 0.286. The largest absolute Gasteiger partial charge is 0.497 e. The number of furan rings is 1. The van der Waals surface area contributed by atoms with Crippen LogP contribution in [0.1, 0.15) is 22.5 Å². The van der Waals surface area contributed by atoms with Gasteiger partial charge in [-0.2, -0.15) is 0 Å². The molecule has 136 valence electrons. The number of rotatable bonds is 7. The lowest BCUT2D eigenvalue weighted by molar-refractivity contribution is 0.0927. The van der Waals surface area contributed by atoms with Crippen molar-refractivity contribution in [1.29, 1.82) is 0 Å². The Labute approximate surface area is 153 Å². The minimum absolute atomic E-state index is 0.181. The third kappa shape index (κ3) is 3.82. The van der Waals surface area contributed by atoms with Crippen LogP contribution in [-0.4, -0.2) is 33.2 Å². The van der Waals surface area contributed by atoms with Crippen molar-refractivity contribution in [1.82, 2.24) is 5.32 Å². The van der Waals surface area contributed by atoms with Crippen LogP contribution in [0.5, 0.6) is 5.75 Å². The minimum atomic E-state index is -0.181. The minimum Gasteiger partial charge on any atom is -0.497 e. The maximum absolute atomic E-state index is 12.5. The SMILES string of the molecule is COc1ccc2oc(C(=O)NCCCN(C)c3ccccc3)c(C)c2c1. The van der Waals surface area contributed by atoms with E-state index in [1.54, 1.807) is 7.11 Å². The summed E-state index contributed by atoms with van der Waals surface area (Å²) in [4.78, 5) is 14.6. The second-order valence-corrected chi connectivity index (χ2v) is 6.28. The van der Waals surface area contributed by atoms with Crippen molar-refractivity contribution in [2.45, 2.75) is 13.3 Å². The molecule has 0 atom stereocenters. The Morgan fingerprint density at radius 2 is 1.96 bits per heavy atom. The Hall–Kier alpha value is -2.95. The molecule has 5 heteroatoms. The molecular formula is C21H24N2O3. The van der Waals surface area contributed by atoms with E-state index in [1.807, 2.05) is 50.4 Å². The van der Waals surface area contributed by atoms with Crippen LogP contribution in [0.15, 0.2) is 52.9 Å². The fourth-order valence-corrected chi connectivity index (χ4v) is 2.95. The average Bonchev–Trinajstić information content (AvgIpc) is 3.01. The number of para-hydroxylation sites is 1. The lowest BCUT2D eigenvalue weighted by atomic mass is 10.1. The molecule has 5 nitrogen and oxygen atoms in total. The molecule has 0 spiro atoms. The number of amides is 1. The van der Waals surface area contributed by atoms with Gasteiger partial charge in [0.15, 0.2) is 5.76 Å². The Balaban J connectivity index is 1.57. The second-order valence-electron chi connectivity index (χ2n) is 6.28. The molecule has 1 aromatic heterocycles. The van der Waals surface area contributed by atoms with Gasteiger partial charge in [-0.3, -0.25) is 4.79 Å². The lowest BCUT2D eigenvalue weighted by Crippen LogP contribution is -2.28. The number of fused-ring (bicyclic) bond motifs is 1. The molecule has 26 heavy (non-hydrogen) atoms. The summed E-state index contributed by atoms with van der Waals surface area (Å²) in [5, 5.41) is 3.85. The fourth-order valence-electron chi connectivity index (χ4n) is 2.95. The summed E-state index contributed by atoms with van der Waals surface area (Å²) in [6, 6.07) is 15.7. The Morgan fingerprint density at radius 1 is 1.19 bits per heavy atom. The smallest absolute Gasteiger partial charge is 0.287 e.